The van der Waals surface area contributed by atoms with Crippen LogP contribution in [0.2, 0.25) is 0 Å². The van der Waals surface area contributed by atoms with E-state index in [2.05, 4.69) is 48.1 Å². The average molecular weight is 346 g/mol. The van der Waals surface area contributed by atoms with Crippen LogP contribution < -0.4 is 10.1 Å². The molecule has 0 radical (unpaired) electrons. The predicted molar refractivity (Wildman–Crippen MR) is 89.2 cm³/mol. The molecule has 0 saturated heterocycles. The topological polar surface area (TPSA) is 21.3 Å². The number of rotatable bonds is 9. The lowest BCUT2D eigenvalue weighted by Gasteiger charge is -2.13. The largest absolute Gasteiger partial charge is 0.492 e. The highest BCUT2D eigenvalue weighted by molar-refractivity contribution is 9.10. The third kappa shape index (κ3) is 7.23. The minimum Gasteiger partial charge on any atom is -0.492 e. The van der Waals surface area contributed by atoms with E-state index in [0.29, 0.717) is 5.92 Å². The third-order valence-electron chi connectivity index (χ3n) is 2.58. The molecule has 1 N–H and O–H groups in total. The highest BCUT2D eigenvalue weighted by atomic mass is 79.9. The van der Waals surface area contributed by atoms with Crippen molar-refractivity contribution < 1.29 is 4.74 Å². The smallest absolute Gasteiger partial charge is 0.123 e. The highest BCUT2D eigenvalue weighted by Gasteiger charge is 2.05. The molecular weight excluding hydrogens is 322 g/mol. The molecule has 0 aliphatic carbocycles. The van der Waals surface area contributed by atoms with E-state index in [0.717, 1.165) is 41.4 Å². The maximum atomic E-state index is 5.87. The summed E-state index contributed by atoms with van der Waals surface area (Å²) >= 11 is 5.43. The van der Waals surface area contributed by atoms with Crippen LogP contribution in [0.5, 0.6) is 5.75 Å². The van der Waals surface area contributed by atoms with Crippen molar-refractivity contribution in [3.05, 3.63) is 28.2 Å². The van der Waals surface area contributed by atoms with Crippen molar-refractivity contribution in [1.29, 1.82) is 0 Å². The number of hydrogen-bond donors (Lipinski definition) is 1. The molecule has 2 nitrogen and oxygen atoms in total. The van der Waals surface area contributed by atoms with Gasteiger partial charge in [-0.15, -0.1) is 0 Å². The van der Waals surface area contributed by atoms with Gasteiger partial charge in [-0.1, -0.05) is 36.7 Å². The number of hydrogen-bond acceptors (Lipinski definition) is 3. The van der Waals surface area contributed by atoms with Gasteiger partial charge in [0.25, 0.3) is 0 Å². The second kappa shape index (κ2) is 9.67. The van der Waals surface area contributed by atoms with Crippen LogP contribution >= 0.6 is 27.7 Å². The molecule has 0 aromatic heterocycles. The van der Waals surface area contributed by atoms with Gasteiger partial charge in [0, 0.05) is 22.3 Å². The summed E-state index contributed by atoms with van der Waals surface area (Å²) in [7, 11) is 0. The normalized spacial score (nSPS) is 11.0. The van der Waals surface area contributed by atoms with E-state index >= 15 is 0 Å². The van der Waals surface area contributed by atoms with Crippen molar-refractivity contribution >= 4 is 27.7 Å². The van der Waals surface area contributed by atoms with Crippen molar-refractivity contribution in [3.8, 4) is 5.75 Å². The molecule has 0 saturated carbocycles. The Balaban J connectivity index is 2.53. The van der Waals surface area contributed by atoms with Crippen molar-refractivity contribution in [3.63, 3.8) is 0 Å². The molecule has 4 heteroatoms. The number of ether oxygens (including phenoxy) is 1. The first-order valence-corrected chi connectivity index (χ1v) is 8.78. The van der Waals surface area contributed by atoms with Crippen LogP contribution in [0.3, 0.4) is 0 Å². The number of halogens is 1. The van der Waals surface area contributed by atoms with Gasteiger partial charge in [-0.25, -0.2) is 0 Å². The van der Waals surface area contributed by atoms with Crippen LogP contribution in [0.15, 0.2) is 22.7 Å². The fourth-order valence-corrected chi connectivity index (χ4v) is 2.58. The lowest BCUT2D eigenvalue weighted by molar-refractivity contribution is 0.338. The lowest BCUT2D eigenvalue weighted by Crippen LogP contribution is -2.19. The Hall–Kier alpha value is -0.190. The van der Waals surface area contributed by atoms with E-state index in [4.69, 9.17) is 4.74 Å². The first-order valence-electron chi connectivity index (χ1n) is 6.83. The average Bonchev–Trinajstić information content (AvgIpc) is 2.36. The first-order chi connectivity index (χ1) is 9.13. The quantitative estimate of drug-likeness (QED) is 0.673. The van der Waals surface area contributed by atoms with Gasteiger partial charge < -0.3 is 10.1 Å². The number of thioether (sulfide) groups is 1. The van der Waals surface area contributed by atoms with Crippen molar-refractivity contribution in [2.24, 2.45) is 5.92 Å². The molecule has 0 fully saturated rings. The van der Waals surface area contributed by atoms with Crippen LogP contribution in [-0.2, 0) is 6.54 Å². The molecule has 0 aliphatic heterocycles. The minimum atomic E-state index is 0.664. The highest BCUT2D eigenvalue weighted by Crippen LogP contribution is 2.23. The van der Waals surface area contributed by atoms with Gasteiger partial charge in [0.2, 0.25) is 0 Å². The van der Waals surface area contributed by atoms with Crippen LogP contribution in [0, 0.1) is 5.92 Å². The predicted octanol–water partition coefficient (Wildman–Crippen LogP) is 4.33. The summed E-state index contributed by atoms with van der Waals surface area (Å²) in [6.07, 6.45) is 0. The maximum Gasteiger partial charge on any atom is 0.123 e. The zero-order valence-corrected chi connectivity index (χ0v) is 14.4. The number of benzene rings is 1. The second-order valence-electron chi connectivity index (χ2n) is 4.82. The minimum absolute atomic E-state index is 0.664. The summed E-state index contributed by atoms with van der Waals surface area (Å²) in [5.41, 5.74) is 1.22. The Morgan fingerprint density at radius 2 is 2.16 bits per heavy atom. The maximum absolute atomic E-state index is 5.87. The summed E-state index contributed by atoms with van der Waals surface area (Å²) in [6.45, 7) is 9.26. The lowest BCUT2D eigenvalue weighted by atomic mass is 10.2. The molecule has 0 aliphatic rings. The fraction of sp³-hybridized carbons (Fsp3) is 0.600. The van der Waals surface area contributed by atoms with Crippen molar-refractivity contribution in [1.82, 2.24) is 5.32 Å². The molecule has 0 unspecified atom stereocenters. The molecule has 19 heavy (non-hydrogen) atoms. The summed E-state index contributed by atoms with van der Waals surface area (Å²) in [5, 5.41) is 3.46. The number of nitrogens with one attached hydrogen (secondary N) is 1. The van der Waals surface area contributed by atoms with Crippen molar-refractivity contribution in [2.75, 3.05) is 24.7 Å². The van der Waals surface area contributed by atoms with Crippen LogP contribution in [-0.4, -0.2) is 24.7 Å². The van der Waals surface area contributed by atoms with Gasteiger partial charge >= 0.3 is 0 Å². The van der Waals surface area contributed by atoms with Crippen LogP contribution in [0.1, 0.15) is 26.3 Å². The van der Waals surface area contributed by atoms with Crippen LogP contribution in [0.4, 0.5) is 0 Å². The molecule has 0 heterocycles. The van der Waals surface area contributed by atoms with Gasteiger partial charge in [-0.3, -0.25) is 0 Å². The molecule has 1 rings (SSSR count). The molecule has 0 atom stereocenters. The SMILES string of the molecule is CCSCCOc1ccc(Br)cc1CNCC(C)C. The molecule has 1 aromatic carbocycles. The Labute approximate surface area is 129 Å². The molecule has 0 amide bonds. The van der Waals surface area contributed by atoms with E-state index in [9.17, 15) is 0 Å². The first kappa shape index (κ1) is 16.9. The second-order valence-corrected chi connectivity index (χ2v) is 7.13. The molecule has 0 spiro atoms. The summed E-state index contributed by atoms with van der Waals surface area (Å²) in [4.78, 5) is 0. The summed E-state index contributed by atoms with van der Waals surface area (Å²) in [5.74, 6) is 3.85. The van der Waals surface area contributed by atoms with Crippen LogP contribution in [0.25, 0.3) is 0 Å². The monoisotopic (exact) mass is 345 g/mol. The molecule has 1 aromatic rings. The van der Waals surface area contributed by atoms with Gasteiger partial charge in [0.1, 0.15) is 5.75 Å². The van der Waals surface area contributed by atoms with Gasteiger partial charge in [-0.2, -0.15) is 11.8 Å². The standard InChI is InChI=1S/C15H24BrNOS/c1-4-19-8-7-18-15-6-5-14(16)9-13(15)11-17-10-12(2)3/h5-6,9,12,17H,4,7-8,10-11H2,1-3H3. The third-order valence-corrected chi connectivity index (χ3v) is 3.94. The Morgan fingerprint density at radius 3 is 2.84 bits per heavy atom. The molecule has 108 valence electrons. The van der Waals surface area contributed by atoms with Gasteiger partial charge in [0.05, 0.1) is 6.61 Å². The molecule has 0 bridgehead atoms. The van der Waals surface area contributed by atoms with E-state index < -0.39 is 0 Å². The molecular formula is C15H24BrNOS. The summed E-state index contributed by atoms with van der Waals surface area (Å²) < 4.78 is 6.97. The Morgan fingerprint density at radius 1 is 1.37 bits per heavy atom. The zero-order chi connectivity index (χ0) is 14.1. The zero-order valence-electron chi connectivity index (χ0n) is 12.0. The summed E-state index contributed by atoms with van der Waals surface area (Å²) in [6, 6.07) is 6.22. The fourth-order valence-electron chi connectivity index (χ4n) is 1.68. The van der Waals surface area contributed by atoms with Gasteiger partial charge in [0.15, 0.2) is 0 Å². The Kier molecular flexibility index (Phi) is 8.58. The van der Waals surface area contributed by atoms with E-state index in [-0.39, 0.29) is 0 Å². The van der Waals surface area contributed by atoms with Crippen molar-refractivity contribution in [2.45, 2.75) is 27.3 Å². The Bertz CT molecular complexity index is 371. The van der Waals surface area contributed by atoms with E-state index in [1.165, 1.54) is 5.56 Å². The van der Waals surface area contributed by atoms with Gasteiger partial charge in [-0.05, 0) is 36.4 Å². The van der Waals surface area contributed by atoms with E-state index in [1.807, 2.05) is 23.9 Å². The van der Waals surface area contributed by atoms with E-state index in [1.54, 1.807) is 0 Å².